The Morgan fingerprint density at radius 1 is 1.57 bits per heavy atom. The number of unbranched alkanes of at least 4 members (excludes halogenated alkanes) is 1. The minimum absolute atomic E-state index is 0. The average molecular weight is 214 g/mol. The molecule has 0 radical (unpaired) electrons. The number of hydrogen-bond donors (Lipinski definition) is 0. The molecule has 0 unspecified atom stereocenters. The van der Waals surface area contributed by atoms with E-state index in [0.29, 0.717) is 0 Å². The molecule has 0 heterocycles. The number of allylic oxidation sites excluding steroid dienone is 1. The molecule has 0 saturated heterocycles. The van der Waals surface area contributed by atoms with Gasteiger partial charge in [-0.3, -0.25) is 0 Å². The summed E-state index contributed by atoms with van der Waals surface area (Å²) in [5.41, 5.74) is 0. The molecule has 0 aliphatic heterocycles. The Hall–Kier alpha value is 0.843. The maximum atomic E-state index is 3.61. The Bertz CT molecular complexity index is 37.1. The van der Waals surface area contributed by atoms with E-state index in [2.05, 4.69) is 6.58 Å². The average Bonchev–Trinajstić information content (AvgIpc) is 1.61. The fourth-order valence-electron chi connectivity index (χ4n) is 0.289. The Morgan fingerprint density at radius 2 is 2.14 bits per heavy atom. The van der Waals surface area contributed by atoms with Gasteiger partial charge in [0.2, 0.25) is 0 Å². The molecule has 2 heteroatoms. The van der Waals surface area contributed by atoms with Crippen molar-refractivity contribution in [2.45, 2.75) is 17.9 Å². The molecule has 0 aromatic heterocycles. The third-order valence-corrected chi connectivity index (χ3v) is 1.71. The maximum absolute atomic E-state index is 3.61. The molecule has 0 amide bonds. The molecule has 0 aliphatic rings. The first-order valence-corrected chi connectivity index (χ1v) is 4.41. The predicted octanol–water partition coefficient (Wildman–Crippen LogP) is -1.08. The molecule has 0 aromatic rings. The van der Waals surface area contributed by atoms with Crippen LogP contribution in [-0.4, -0.2) is 0 Å². The monoisotopic (exact) mass is 212 g/mol. The summed E-state index contributed by atoms with van der Waals surface area (Å²) in [5, 5.41) is 1.41. The van der Waals surface area contributed by atoms with Crippen LogP contribution in [0.15, 0.2) is 12.7 Å². The summed E-state index contributed by atoms with van der Waals surface area (Å²) in [6.45, 7) is 3.61. The molecule has 38 valence electrons. The number of halogens is 1. The summed E-state index contributed by atoms with van der Waals surface area (Å²) >= 11 is 1.44. The van der Waals surface area contributed by atoms with Crippen molar-refractivity contribution in [1.82, 2.24) is 0 Å². The first-order valence-electron chi connectivity index (χ1n) is 2.32. The maximum Gasteiger partial charge on any atom is -1.00 e. The number of hydrogen-bond acceptors (Lipinski definition) is 0. The molecular weight excluding hydrogens is 205 g/mol. The fraction of sp³-hybridized carbons (Fsp3) is 0.600. The summed E-state index contributed by atoms with van der Waals surface area (Å²) in [6.07, 6.45) is 4.54. The van der Waals surface area contributed by atoms with E-state index in [1.165, 1.54) is 36.2 Å². The molecule has 0 rings (SSSR count). The van der Waals surface area contributed by atoms with Gasteiger partial charge in [0, 0.05) is 0 Å². The van der Waals surface area contributed by atoms with Crippen LogP contribution in [-0.2, 0) is 18.3 Å². The summed E-state index contributed by atoms with van der Waals surface area (Å²) in [7, 11) is 0. The Kier molecular flexibility index (Phi) is 15.3. The van der Waals surface area contributed by atoms with Crippen LogP contribution in [0.25, 0.3) is 0 Å². The van der Waals surface area contributed by atoms with Crippen molar-refractivity contribution in [1.29, 1.82) is 0 Å². The Balaban J connectivity index is 0. The van der Waals surface area contributed by atoms with E-state index in [4.69, 9.17) is 0 Å². The third kappa shape index (κ3) is 10.9. The van der Waals surface area contributed by atoms with Gasteiger partial charge in [-0.2, -0.15) is 0 Å². The summed E-state index contributed by atoms with van der Waals surface area (Å²) in [4.78, 5) is 0. The number of rotatable bonds is 3. The molecule has 0 nitrogen and oxygen atoms in total. The predicted molar refractivity (Wildman–Crippen MR) is 24.2 cm³/mol. The molecule has 0 fully saturated rings. The third-order valence-electron chi connectivity index (χ3n) is 0.658. The molecule has 0 spiro atoms. The molecular formula is C5H9BrZn. The van der Waals surface area contributed by atoms with E-state index in [1.54, 1.807) is 0 Å². The van der Waals surface area contributed by atoms with Crippen molar-refractivity contribution >= 4 is 0 Å². The van der Waals surface area contributed by atoms with Crippen LogP contribution < -0.4 is 17.0 Å². The van der Waals surface area contributed by atoms with Crippen LogP contribution in [0.1, 0.15) is 12.8 Å². The second kappa shape index (κ2) is 9.96. The van der Waals surface area contributed by atoms with E-state index in [1.807, 2.05) is 6.08 Å². The first kappa shape index (κ1) is 10.8. The van der Waals surface area contributed by atoms with Crippen LogP contribution in [0.3, 0.4) is 0 Å². The molecule has 0 aromatic carbocycles. The minimum atomic E-state index is 0. The SMILES string of the molecule is C=CCC[CH2][Zn+].[Br-]. The van der Waals surface area contributed by atoms with Crippen molar-refractivity contribution in [2.75, 3.05) is 0 Å². The second-order valence-electron chi connectivity index (χ2n) is 1.28. The zero-order valence-electron chi connectivity index (χ0n) is 4.49. The van der Waals surface area contributed by atoms with Gasteiger partial charge in [0.15, 0.2) is 0 Å². The molecule has 7 heavy (non-hydrogen) atoms. The quantitative estimate of drug-likeness (QED) is 0.319. The molecule has 0 atom stereocenters. The summed E-state index contributed by atoms with van der Waals surface area (Å²) in [6, 6.07) is 0. The van der Waals surface area contributed by atoms with E-state index >= 15 is 0 Å². The van der Waals surface area contributed by atoms with Gasteiger partial charge in [-0.25, -0.2) is 0 Å². The molecule has 0 bridgehead atoms. The molecule has 0 N–H and O–H groups in total. The Labute approximate surface area is 65.8 Å². The largest absolute Gasteiger partial charge is 1.00 e. The normalized spacial score (nSPS) is 7.14. The van der Waals surface area contributed by atoms with E-state index in [9.17, 15) is 0 Å². The zero-order chi connectivity index (χ0) is 4.83. The molecule has 0 saturated carbocycles. The minimum Gasteiger partial charge on any atom is -1.00 e. The van der Waals surface area contributed by atoms with Gasteiger partial charge >= 0.3 is 48.8 Å². The van der Waals surface area contributed by atoms with Gasteiger partial charge in [0.1, 0.15) is 0 Å². The smallest absolute Gasteiger partial charge is 1.00 e. The van der Waals surface area contributed by atoms with E-state index in [0.717, 1.165) is 0 Å². The van der Waals surface area contributed by atoms with Gasteiger partial charge in [-0.1, -0.05) is 0 Å². The standard InChI is InChI=1S/C5H9.BrH.Zn/c1-3-5-4-2;;/h3H,1-2,4-5H2;1H;/q;;+1/p-1. The van der Waals surface area contributed by atoms with Gasteiger partial charge in [0.05, 0.1) is 0 Å². The first-order chi connectivity index (χ1) is 2.91. The summed E-state index contributed by atoms with van der Waals surface area (Å²) < 4.78 is 0. The van der Waals surface area contributed by atoms with E-state index < -0.39 is 0 Å². The van der Waals surface area contributed by atoms with Crippen LogP contribution in [0, 0.1) is 0 Å². The van der Waals surface area contributed by atoms with Crippen LogP contribution in [0.2, 0.25) is 5.02 Å². The van der Waals surface area contributed by atoms with Gasteiger partial charge in [0.25, 0.3) is 0 Å². The van der Waals surface area contributed by atoms with Crippen LogP contribution >= 0.6 is 0 Å². The van der Waals surface area contributed by atoms with Gasteiger partial charge in [-0.05, 0) is 0 Å². The van der Waals surface area contributed by atoms with Crippen molar-refractivity contribution in [3.63, 3.8) is 0 Å². The van der Waals surface area contributed by atoms with E-state index in [-0.39, 0.29) is 17.0 Å². The fourth-order valence-corrected chi connectivity index (χ4v) is 0.894. The van der Waals surface area contributed by atoms with Crippen molar-refractivity contribution in [3.05, 3.63) is 12.7 Å². The van der Waals surface area contributed by atoms with Crippen LogP contribution in [0.4, 0.5) is 0 Å². The van der Waals surface area contributed by atoms with Crippen LogP contribution in [0.5, 0.6) is 0 Å². The second-order valence-corrected chi connectivity index (χ2v) is 2.77. The summed E-state index contributed by atoms with van der Waals surface area (Å²) in [5.74, 6) is 0. The van der Waals surface area contributed by atoms with Crippen molar-refractivity contribution in [3.8, 4) is 0 Å². The van der Waals surface area contributed by atoms with Gasteiger partial charge < -0.3 is 17.0 Å². The topological polar surface area (TPSA) is 0 Å². The van der Waals surface area contributed by atoms with Crippen molar-refractivity contribution in [2.24, 2.45) is 0 Å². The van der Waals surface area contributed by atoms with Gasteiger partial charge in [-0.15, -0.1) is 0 Å². The zero-order valence-corrected chi connectivity index (χ0v) is 9.04. The molecule has 0 aliphatic carbocycles. The Morgan fingerprint density at radius 3 is 2.29 bits per heavy atom. The van der Waals surface area contributed by atoms with Crippen molar-refractivity contribution < 1.29 is 35.3 Å².